The van der Waals surface area contributed by atoms with Crippen molar-refractivity contribution in [1.82, 2.24) is 10.2 Å². The third-order valence-electron chi connectivity index (χ3n) is 3.89. The minimum Gasteiger partial charge on any atom is -0.351 e. The van der Waals surface area contributed by atoms with E-state index in [4.69, 9.17) is 0 Å². The van der Waals surface area contributed by atoms with Gasteiger partial charge >= 0.3 is 0 Å². The molecule has 0 spiro atoms. The summed E-state index contributed by atoms with van der Waals surface area (Å²) >= 11 is 1.44. The molecule has 0 aliphatic rings. The summed E-state index contributed by atoms with van der Waals surface area (Å²) in [5.74, 6) is -0.644. The van der Waals surface area contributed by atoms with Gasteiger partial charge in [0.15, 0.2) is 0 Å². The van der Waals surface area contributed by atoms with Gasteiger partial charge in [0.1, 0.15) is 0 Å². The quantitative estimate of drug-likeness (QED) is 0.746. The van der Waals surface area contributed by atoms with Gasteiger partial charge in [0.05, 0.1) is 6.54 Å². The molecule has 2 N–H and O–H groups in total. The fraction of sp³-hybridized carbons (Fsp3) is 0.316. The van der Waals surface area contributed by atoms with Gasteiger partial charge in [-0.05, 0) is 29.5 Å². The summed E-state index contributed by atoms with van der Waals surface area (Å²) in [6, 6.07) is 9.32. The van der Waals surface area contributed by atoms with E-state index in [1.54, 1.807) is 18.5 Å². The Labute approximate surface area is 157 Å². The molecule has 0 atom stereocenters. The fourth-order valence-electron chi connectivity index (χ4n) is 2.41. The van der Waals surface area contributed by atoms with E-state index < -0.39 is 0 Å². The van der Waals surface area contributed by atoms with E-state index in [1.807, 2.05) is 36.6 Å². The second-order valence-corrected chi connectivity index (χ2v) is 6.61. The lowest BCUT2D eigenvalue weighted by Gasteiger charge is -2.17. The van der Waals surface area contributed by atoms with Gasteiger partial charge < -0.3 is 15.5 Å². The van der Waals surface area contributed by atoms with Gasteiger partial charge in [0, 0.05) is 36.6 Å². The molecule has 0 saturated carbocycles. The van der Waals surface area contributed by atoms with Crippen molar-refractivity contribution in [1.29, 1.82) is 0 Å². The second kappa shape index (κ2) is 9.72. The molecule has 6 nitrogen and oxygen atoms in total. The van der Waals surface area contributed by atoms with Gasteiger partial charge in [-0.25, -0.2) is 0 Å². The predicted molar refractivity (Wildman–Crippen MR) is 103 cm³/mol. The average Bonchev–Trinajstić information content (AvgIpc) is 3.16. The fourth-order valence-corrected chi connectivity index (χ4v) is 3.05. The molecule has 3 amide bonds. The van der Waals surface area contributed by atoms with Crippen LogP contribution in [0.1, 0.15) is 29.3 Å². The maximum Gasteiger partial charge on any atom is 0.252 e. The van der Waals surface area contributed by atoms with E-state index in [-0.39, 0.29) is 37.2 Å². The smallest absolute Gasteiger partial charge is 0.252 e. The zero-order valence-electron chi connectivity index (χ0n) is 15.0. The van der Waals surface area contributed by atoms with E-state index in [1.165, 1.54) is 16.2 Å². The predicted octanol–water partition coefficient (Wildman–Crippen LogP) is 2.53. The Morgan fingerprint density at radius 2 is 1.92 bits per heavy atom. The highest BCUT2D eigenvalue weighted by molar-refractivity contribution is 7.08. The Morgan fingerprint density at radius 3 is 2.62 bits per heavy atom. The number of thiophene rings is 1. The summed E-state index contributed by atoms with van der Waals surface area (Å²) < 4.78 is 0. The molecular formula is C19H23N3O3S. The average molecular weight is 373 g/mol. The zero-order chi connectivity index (χ0) is 18.9. The van der Waals surface area contributed by atoms with Crippen molar-refractivity contribution in [3.05, 3.63) is 52.2 Å². The van der Waals surface area contributed by atoms with Crippen molar-refractivity contribution < 1.29 is 14.4 Å². The first kappa shape index (κ1) is 19.7. The highest BCUT2D eigenvalue weighted by Gasteiger charge is 2.14. The Kier molecular flexibility index (Phi) is 7.35. The van der Waals surface area contributed by atoms with Crippen LogP contribution >= 0.6 is 11.3 Å². The Hall–Kier alpha value is -2.67. The van der Waals surface area contributed by atoms with Crippen LogP contribution in [0.4, 0.5) is 5.69 Å². The first-order valence-electron chi connectivity index (χ1n) is 8.43. The number of nitrogens with zero attached hydrogens (tertiary/aromatic N) is 1. The molecule has 26 heavy (non-hydrogen) atoms. The van der Waals surface area contributed by atoms with E-state index in [0.29, 0.717) is 5.56 Å². The normalized spacial score (nSPS) is 10.2. The lowest BCUT2D eigenvalue weighted by Crippen LogP contribution is -2.37. The van der Waals surface area contributed by atoms with Crippen LogP contribution in [-0.4, -0.2) is 42.8 Å². The number of carbonyl (C=O) groups excluding carboxylic acids is 3. The van der Waals surface area contributed by atoms with Crippen LogP contribution in [0.3, 0.4) is 0 Å². The van der Waals surface area contributed by atoms with Crippen LogP contribution < -0.4 is 10.6 Å². The van der Waals surface area contributed by atoms with Crippen molar-refractivity contribution in [2.75, 3.05) is 25.5 Å². The number of aryl methyl sites for hydroxylation is 1. The number of amides is 3. The van der Waals surface area contributed by atoms with Crippen LogP contribution in [-0.2, 0) is 16.0 Å². The molecule has 0 bridgehead atoms. The molecule has 1 aromatic heterocycles. The molecule has 0 saturated heterocycles. The molecule has 2 rings (SSSR count). The second-order valence-electron chi connectivity index (χ2n) is 5.83. The minimum absolute atomic E-state index is 0.0324. The molecule has 1 aromatic carbocycles. The molecular weight excluding hydrogens is 350 g/mol. The number of carbonyl (C=O) groups is 3. The standard InChI is InChI=1S/C19H23N3O3S/c1-3-14-6-4-5-7-16(14)21-17(23)12-22(2)18(24)8-10-20-19(25)15-9-11-26-13-15/h4-7,9,11,13H,3,8,10,12H2,1-2H3,(H,20,25)(H,21,23). The number of likely N-dealkylation sites (N-methyl/N-ethyl adjacent to an activating group) is 1. The molecule has 138 valence electrons. The van der Waals surface area contributed by atoms with Crippen LogP contribution in [0.2, 0.25) is 0 Å². The Balaban J connectivity index is 1.75. The number of benzene rings is 1. The van der Waals surface area contributed by atoms with Crippen LogP contribution in [0, 0.1) is 0 Å². The molecule has 0 unspecified atom stereocenters. The molecule has 0 fully saturated rings. The van der Waals surface area contributed by atoms with Crippen molar-refractivity contribution >= 4 is 34.7 Å². The summed E-state index contributed by atoms with van der Waals surface area (Å²) in [7, 11) is 1.58. The van der Waals surface area contributed by atoms with Gasteiger partial charge in [-0.1, -0.05) is 25.1 Å². The van der Waals surface area contributed by atoms with Gasteiger partial charge in [0.2, 0.25) is 11.8 Å². The topological polar surface area (TPSA) is 78.5 Å². The molecule has 1 heterocycles. The summed E-state index contributed by atoms with van der Waals surface area (Å²) in [5.41, 5.74) is 2.40. The van der Waals surface area contributed by atoms with Gasteiger partial charge in [-0.2, -0.15) is 11.3 Å². The van der Waals surface area contributed by atoms with E-state index in [0.717, 1.165) is 17.7 Å². The third kappa shape index (κ3) is 5.70. The summed E-state index contributed by atoms with van der Waals surface area (Å²) in [4.78, 5) is 37.4. The first-order chi connectivity index (χ1) is 12.5. The van der Waals surface area contributed by atoms with Crippen molar-refractivity contribution in [2.24, 2.45) is 0 Å². The van der Waals surface area contributed by atoms with Gasteiger partial charge in [0.25, 0.3) is 5.91 Å². The maximum absolute atomic E-state index is 12.2. The van der Waals surface area contributed by atoms with E-state index in [9.17, 15) is 14.4 Å². The van der Waals surface area contributed by atoms with Crippen molar-refractivity contribution in [2.45, 2.75) is 19.8 Å². The highest BCUT2D eigenvalue weighted by atomic mass is 32.1. The molecule has 0 radical (unpaired) electrons. The summed E-state index contributed by atoms with van der Waals surface area (Å²) in [6.45, 7) is 2.22. The zero-order valence-corrected chi connectivity index (χ0v) is 15.8. The third-order valence-corrected chi connectivity index (χ3v) is 4.57. The monoisotopic (exact) mass is 373 g/mol. The Bertz CT molecular complexity index is 759. The van der Waals surface area contributed by atoms with E-state index >= 15 is 0 Å². The van der Waals surface area contributed by atoms with Crippen molar-refractivity contribution in [3.8, 4) is 0 Å². The summed E-state index contributed by atoms with van der Waals surface area (Å²) in [5, 5.41) is 9.11. The first-order valence-corrected chi connectivity index (χ1v) is 9.37. The SMILES string of the molecule is CCc1ccccc1NC(=O)CN(C)C(=O)CCNC(=O)c1ccsc1. The number of para-hydroxylation sites is 1. The Morgan fingerprint density at radius 1 is 1.15 bits per heavy atom. The molecule has 7 heteroatoms. The molecule has 0 aliphatic heterocycles. The number of nitrogens with one attached hydrogen (secondary N) is 2. The lowest BCUT2D eigenvalue weighted by molar-refractivity contribution is -0.133. The van der Waals surface area contributed by atoms with Crippen LogP contribution in [0.25, 0.3) is 0 Å². The summed E-state index contributed by atoms with van der Waals surface area (Å²) in [6.07, 6.45) is 0.959. The van der Waals surface area contributed by atoms with Crippen molar-refractivity contribution in [3.63, 3.8) is 0 Å². The minimum atomic E-state index is -0.246. The van der Waals surface area contributed by atoms with Crippen LogP contribution in [0.5, 0.6) is 0 Å². The number of rotatable bonds is 8. The number of hydrogen-bond donors (Lipinski definition) is 2. The van der Waals surface area contributed by atoms with Gasteiger partial charge in [-0.15, -0.1) is 0 Å². The highest BCUT2D eigenvalue weighted by Crippen LogP contribution is 2.15. The molecule has 2 aromatic rings. The van der Waals surface area contributed by atoms with Gasteiger partial charge in [-0.3, -0.25) is 14.4 Å². The molecule has 0 aliphatic carbocycles. The lowest BCUT2D eigenvalue weighted by atomic mass is 10.1. The number of anilines is 1. The maximum atomic E-state index is 12.2. The largest absolute Gasteiger partial charge is 0.351 e. The van der Waals surface area contributed by atoms with Crippen LogP contribution in [0.15, 0.2) is 41.1 Å². The number of hydrogen-bond acceptors (Lipinski definition) is 4. The van der Waals surface area contributed by atoms with E-state index in [2.05, 4.69) is 10.6 Å².